The number of aryl methyl sites for hydroxylation is 3. The average molecular weight is 308 g/mol. The zero-order chi connectivity index (χ0) is 16.6. The van der Waals surface area contributed by atoms with Crippen molar-refractivity contribution in [3.63, 3.8) is 0 Å². The topological polar surface area (TPSA) is 80.9 Å². The van der Waals surface area contributed by atoms with Crippen molar-refractivity contribution in [2.45, 2.75) is 20.8 Å². The second-order valence-corrected chi connectivity index (χ2v) is 5.45. The van der Waals surface area contributed by atoms with E-state index >= 15 is 0 Å². The van der Waals surface area contributed by atoms with Crippen molar-refractivity contribution >= 4 is 5.97 Å². The first-order valence-corrected chi connectivity index (χ1v) is 7.15. The minimum absolute atomic E-state index is 0.0754. The van der Waals surface area contributed by atoms with Gasteiger partial charge in [0, 0.05) is 11.3 Å². The lowest BCUT2D eigenvalue weighted by molar-refractivity contribution is 0.0690. The maximum Gasteiger partial charge on any atom is 0.356 e. The Morgan fingerprint density at radius 3 is 2.43 bits per heavy atom. The van der Waals surface area contributed by atoms with Crippen LogP contribution in [0.3, 0.4) is 0 Å². The molecule has 2 heterocycles. The molecule has 116 valence electrons. The first-order chi connectivity index (χ1) is 11.0. The van der Waals surface area contributed by atoms with Crippen LogP contribution in [0.4, 0.5) is 0 Å². The van der Waals surface area contributed by atoms with E-state index in [9.17, 15) is 4.79 Å². The average Bonchev–Trinajstić information content (AvgIpc) is 2.86. The van der Waals surface area contributed by atoms with E-state index in [2.05, 4.69) is 15.1 Å². The molecule has 1 N–H and O–H groups in total. The monoisotopic (exact) mass is 308 g/mol. The fraction of sp³-hybridized carbons (Fsp3) is 0.176. The number of hydrogen-bond donors (Lipinski definition) is 1. The van der Waals surface area contributed by atoms with E-state index in [0.717, 1.165) is 28.2 Å². The van der Waals surface area contributed by atoms with Gasteiger partial charge in [0.1, 0.15) is 0 Å². The SMILES string of the molecule is Cc1ccc(-c2cnc(C(=O)O)cn2)c(-n2nc(C)cc2C)c1. The van der Waals surface area contributed by atoms with E-state index < -0.39 is 5.97 Å². The van der Waals surface area contributed by atoms with Crippen LogP contribution in [0.1, 0.15) is 27.4 Å². The number of carboxylic acid groups (broad SMARTS) is 1. The molecule has 0 bridgehead atoms. The normalized spacial score (nSPS) is 10.7. The van der Waals surface area contributed by atoms with Crippen LogP contribution in [-0.4, -0.2) is 30.8 Å². The first kappa shape index (κ1) is 14.9. The van der Waals surface area contributed by atoms with Crippen LogP contribution in [-0.2, 0) is 0 Å². The summed E-state index contributed by atoms with van der Waals surface area (Å²) in [6, 6.07) is 7.97. The van der Waals surface area contributed by atoms with Crippen LogP contribution in [0.25, 0.3) is 16.9 Å². The lowest BCUT2D eigenvalue weighted by atomic mass is 10.1. The Labute approximate surface area is 133 Å². The van der Waals surface area contributed by atoms with E-state index in [-0.39, 0.29) is 5.69 Å². The minimum atomic E-state index is -1.09. The van der Waals surface area contributed by atoms with E-state index in [1.165, 1.54) is 12.4 Å². The van der Waals surface area contributed by atoms with Gasteiger partial charge in [0.25, 0.3) is 0 Å². The number of hydrogen-bond acceptors (Lipinski definition) is 4. The van der Waals surface area contributed by atoms with Gasteiger partial charge >= 0.3 is 5.97 Å². The molecule has 2 aromatic heterocycles. The third-order valence-electron chi connectivity index (χ3n) is 3.54. The van der Waals surface area contributed by atoms with Crippen molar-refractivity contribution in [1.29, 1.82) is 0 Å². The molecule has 23 heavy (non-hydrogen) atoms. The number of aromatic nitrogens is 4. The van der Waals surface area contributed by atoms with E-state index in [0.29, 0.717) is 5.69 Å². The van der Waals surface area contributed by atoms with Gasteiger partial charge in [0.15, 0.2) is 5.69 Å². The molecule has 0 atom stereocenters. The fourth-order valence-electron chi connectivity index (χ4n) is 2.48. The van der Waals surface area contributed by atoms with Crippen LogP contribution in [0.15, 0.2) is 36.7 Å². The Bertz CT molecular complexity index is 882. The van der Waals surface area contributed by atoms with Gasteiger partial charge in [-0.15, -0.1) is 0 Å². The summed E-state index contributed by atoms with van der Waals surface area (Å²) in [5.41, 5.74) is 5.34. The third kappa shape index (κ3) is 2.83. The summed E-state index contributed by atoms with van der Waals surface area (Å²) in [6.45, 7) is 5.95. The number of carboxylic acids is 1. The van der Waals surface area contributed by atoms with Crippen LogP contribution >= 0.6 is 0 Å². The molecular formula is C17H16N4O2. The standard InChI is InChI=1S/C17H16N4O2/c1-10-4-5-13(14-8-19-15(9-18-14)17(22)23)16(6-10)21-12(3)7-11(2)20-21/h4-9H,1-3H3,(H,22,23). The summed E-state index contributed by atoms with van der Waals surface area (Å²) >= 11 is 0. The van der Waals surface area contributed by atoms with E-state index in [1.807, 2.05) is 49.7 Å². The zero-order valence-electron chi connectivity index (χ0n) is 13.1. The molecule has 0 fully saturated rings. The van der Waals surface area contributed by atoms with Gasteiger partial charge in [0.05, 0.1) is 29.5 Å². The van der Waals surface area contributed by atoms with Crippen molar-refractivity contribution in [2.75, 3.05) is 0 Å². The van der Waals surface area contributed by atoms with Gasteiger partial charge in [-0.2, -0.15) is 5.10 Å². The molecule has 0 unspecified atom stereocenters. The molecule has 0 saturated heterocycles. The number of aromatic carboxylic acids is 1. The van der Waals surface area contributed by atoms with Gasteiger partial charge in [-0.3, -0.25) is 4.98 Å². The molecule has 0 amide bonds. The van der Waals surface area contributed by atoms with Gasteiger partial charge in [0.2, 0.25) is 0 Å². The minimum Gasteiger partial charge on any atom is -0.476 e. The predicted octanol–water partition coefficient (Wildman–Crippen LogP) is 2.95. The molecule has 1 aromatic carbocycles. The highest BCUT2D eigenvalue weighted by Crippen LogP contribution is 2.27. The smallest absolute Gasteiger partial charge is 0.356 e. The zero-order valence-corrected chi connectivity index (χ0v) is 13.1. The van der Waals surface area contributed by atoms with Crippen molar-refractivity contribution in [2.24, 2.45) is 0 Å². The second kappa shape index (κ2) is 5.64. The number of carbonyl (C=O) groups is 1. The molecule has 0 aliphatic heterocycles. The Kier molecular flexibility index (Phi) is 3.65. The molecule has 0 spiro atoms. The highest BCUT2D eigenvalue weighted by Gasteiger charge is 2.13. The Hall–Kier alpha value is -3.02. The first-order valence-electron chi connectivity index (χ1n) is 7.15. The summed E-state index contributed by atoms with van der Waals surface area (Å²) in [5.74, 6) is -1.09. The summed E-state index contributed by atoms with van der Waals surface area (Å²) in [6.07, 6.45) is 2.74. The maximum absolute atomic E-state index is 10.9. The Morgan fingerprint density at radius 2 is 1.87 bits per heavy atom. The number of nitrogens with zero attached hydrogens (tertiary/aromatic N) is 4. The predicted molar refractivity (Wildman–Crippen MR) is 85.8 cm³/mol. The lowest BCUT2D eigenvalue weighted by Gasteiger charge is -2.12. The number of rotatable bonds is 3. The van der Waals surface area contributed by atoms with Gasteiger partial charge in [-0.25, -0.2) is 14.5 Å². The number of benzene rings is 1. The second-order valence-electron chi connectivity index (χ2n) is 5.45. The van der Waals surface area contributed by atoms with Crippen LogP contribution in [0, 0.1) is 20.8 Å². The fourth-order valence-corrected chi connectivity index (χ4v) is 2.48. The van der Waals surface area contributed by atoms with Crippen molar-refractivity contribution < 1.29 is 9.90 Å². The molecular weight excluding hydrogens is 292 g/mol. The lowest BCUT2D eigenvalue weighted by Crippen LogP contribution is -2.04. The summed E-state index contributed by atoms with van der Waals surface area (Å²) in [5, 5.41) is 13.5. The van der Waals surface area contributed by atoms with E-state index in [1.54, 1.807) is 0 Å². The Morgan fingerprint density at radius 1 is 1.09 bits per heavy atom. The molecule has 0 radical (unpaired) electrons. The maximum atomic E-state index is 10.9. The quantitative estimate of drug-likeness (QED) is 0.804. The Balaban J connectivity index is 2.16. The molecule has 6 nitrogen and oxygen atoms in total. The molecule has 0 saturated carbocycles. The van der Waals surface area contributed by atoms with Gasteiger partial charge in [-0.1, -0.05) is 12.1 Å². The van der Waals surface area contributed by atoms with Crippen molar-refractivity contribution in [3.05, 3.63) is 59.3 Å². The van der Waals surface area contributed by atoms with E-state index in [4.69, 9.17) is 5.11 Å². The van der Waals surface area contributed by atoms with Gasteiger partial charge in [-0.05, 0) is 38.5 Å². The van der Waals surface area contributed by atoms with Crippen molar-refractivity contribution in [3.8, 4) is 16.9 Å². The molecule has 3 rings (SSSR count). The van der Waals surface area contributed by atoms with Crippen LogP contribution in [0.2, 0.25) is 0 Å². The third-order valence-corrected chi connectivity index (χ3v) is 3.54. The van der Waals surface area contributed by atoms with Gasteiger partial charge < -0.3 is 5.11 Å². The summed E-state index contributed by atoms with van der Waals surface area (Å²) < 4.78 is 1.87. The van der Waals surface area contributed by atoms with Crippen LogP contribution in [0.5, 0.6) is 0 Å². The highest BCUT2D eigenvalue weighted by atomic mass is 16.4. The highest BCUT2D eigenvalue weighted by molar-refractivity contribution is 5.85. The van der Waals surface area contributed by atoms with Crippen molar-refractivity contribution in [1.82, 2.24) is 19.7 Å². The molecule has 3 aromatic rings. The van der Waals surface area contributed by atoms with Crippen LogP contribution < -0.4 is 0 Å². The molecule has 0 aliphatic rings. The largest absolute Gasteiger partial charge is 0.476 e. The molecule has 0 aliphatic carbocycles. The summed E-state index contributed by atoms with van der Waals surface area (Å²) in [4.78, 5) is 19.1. The molecule has 6 heteroatoms. The summed E-state index contributed by atoms with van der Waals surface area (Å²) in [7, 11) is 0.